The molecular weight excluding hydrogens is 304 g/mol. The van der Waals surface area contributed by atoms with E-state index in [2.05, 4.69) is 40.7 Å². The zero-order valence-electron chi connectivity index (χ0n) is 13.8. The van der Waals surface area contributed by atoms with E-state index in [0.717, 1.165) is 24.9 Å². The van der Waals surface area contributed by atoms with Gasteiger partial charge in [-0.3, -0.25) is 9.69 Å². The number of thiophene rings is 1. The van der Waals surface area contributed by atoms with Gasteiger partial charge in [0.25, 0.3) is 0 Å². The second-order valence-electron chi connectivity index (χ2n) is 6.14. The maximum atomic E-state index is 12.5. The summed E-state index contributed by atoms with van der Waals surface area (Å²) in [4.78, 5) is 16.3. The fourth-order valence-electron chi connectivity index (χ4n) is 3.41. The van der Waals surface area contributed by atoms with Gasteiger partial charge in [0.15, 0.2) is 0 Å². The Balaban J connectivity index is 1.62. The summed E-state index contributed by atoms with van der Waals surface area (Å²) >= 11 is 1.85. The summed E-state index contributed by atoms with van der Waals surface area (Å²) in [6, 6.07) is 12.8. The predicted octanol–water partition coefficient (Wildman–Crippen LogP) is 3.93. The zero-order valence-corrected chi connectivity index (χ0v) is 14.6. The average molecular weight is 328 g/mol. The Bertz CT molecular complexity index is 652. The molecule has 0 unspecified atom stereocenters. The smallest absolute Gasteiger partial charge is 0.234 e. The normalized spacial score (nSPS) is 19.1. The van der Waals surface area contributed by atoms with Gasteiger partial charge < -0.3 is 5.32 Å². The fourth-order valence-corrected chi connectivity index (χ4v) is 4.34. The molecule has 1 aromatic heterocycles. The van der Waals surface area contributed by atoms with E-state index in [1.54, 1.807) is 0 Å². The first-order valence-corrected chi connectivity index (χ1v) is 9.21. The van der Waals surface area contributed by atoms with Crippen molar-refractivity contribution in [2.45, 2.75) is 38.8 Å². The van der Waals surface area contributed by atoms with Crippen molar-refractivity contribution < 1.29 is 4.79 Å². The summed E-state index contributed by atoms with van der Waals surface area (Å²) in [6.07, 6.45) is 2.11. The number of hydrogen-bond donors (Lipinski definition) is 1. The molecule has 23 heavy (non-hydrogen) atoms. The molecule has 0 saturated carbocycles. The van der Waals surface area contributed by atoms with Crippen LogP contribution in [0.4, 0.5) is 0 Å². The van der Waals surface area contributed by atoms with Crippen molar-refractivity contribution in [2.75, 3.05) is 13.1 Å². The predicted molar refractivity (Wildman–Crippen MR) is 95.6 cm³/mol. The van der Waals surface area contributed by atoms with Crippen LogP contribution in [-0.4, -0.2) is 23.9 Å². The SMILES string of the molecule is CC[C@@H]1c2ccsc2CCN1CC(=O)N[C@@H](C)c1ccccc1. The van der Waals surface area contributed by atoms with Crippen molar-refractivity contribution >= 4 is 17.2 Å². The van der Waals surface area contributed by atoms with E-state index < -0.39 is 0 Å². The first-order chi connectivity index (χ1) is 11.2. The molecule has 0 bridgehead atoms. The van der Waals surface area contributed by atoms with Gasteiger partial charge in [0.1, 0.15) is 0 Å². The molecule has 0 spiro atoms. The second-order valence-corrected chi connectivity index (χ2v) is 7.14. The van der Waals surface area contributed by atoms with Crippen molar-refractivity contribution in [3.05, 3.63) is 57.8 Å². The van der Waals surface area contributed by atoms with Crippen molar-refractivity contribution in [3.8, 4) is 0 Å². The van der Waals surface area contributed by atoms with E-state index in [-0.39, 0.29) is 11.9 Å². The summed E-state index contributed by atoms with van der Waals surface area (Å²) in [5, 5.41) is 5.30. The Morgan fingerprint density at radius 1 is 1.35 bits per heavy atom. The molecular formula is C19H24N2OS. The third-order valence-corrected chi connectivity index (χ3v) is 5.61. The van der Waals surface area contributed by atoms with Gasteiger partial charge in [0.2, 0.25) is 5.91 Å². The van der Waals surface area contributed by atoms with Gasteiger partial charge >= 0.3 is 0 Å². The van der Waals surface area contributed by atoms with Gasteiger partial charge in [-0.1, -0.05) is 37.3 Å². The summed E-state index contributed by atoms with van der Waals surface area (Å²) in [7, 11) is 0. The molecule has 1 aliphatic rings. The molecule has 0 fully saturated rings. The van der Waals surface area contributed by atoms with Gasteiger partial charge in [-0.2, -0.15) is 0 Å². The molecule has 122 valence electrons. The molecule has 4 heteroatoms. The van der Waals surface area contributed by atoms with Gasteiger partial charge in [-0.05, 0) is 42.3 Å². The highest BCUT2D eigenvalue weighted by Gasteiger charge is 2.28. The molecule has 0 radical (unpaired) electrons. The molecule has 0 saturated heterocycles. The lowest BCUT2D eigenvalue weighted by atomic mass is 9.98. The fraction of sp³-hybridized carbons (Fsp3) is 0.421. The van der Waals surface area contributed by atoms with Crippen molar-refractivity contribution in [2.24, 2.45) is 0 Å². The van der Waals surface area contributed by atoms with Crippen LogP contribution in [-0.2, 0) is 11.2 Å². The molecule has 1 aliphatic heterocycles. The minimum atomic E-state index is 0.0466. The molecule has 2 heterocycles. The van der Waals surface area contributed by atoms with Crippen LogP contribution in [0.2, 0.25) is 0 Å². The van der Waals surface area contributed by atoms with Gasteiger partial charge in [-0.25, -0.2) is 0 Å². The second kappa shape index (κ2) is 7.28. The van der Waals surface area contributed by atoms with E-state index in [0.29, 0.717) is 12.6 Å². The molecule has 3 rings (SSSR count). The summed E-state index contributed by atoms with van der Waals surface area (Å²) in [5.74, 6) is 0.110. The Hall–Kier alpha value is -1.65. The molecule has 2 aromatic rings. The number of benzene rings is 1. The first kappa shape index (κ1) is 16.2. The van der Waals surface area contributed by atoms with Gasteiger partial charge in [-0.15, -0.1) is 11.3 Å². The molecule has 1 aromatic carbocycles. The highest BCUT2D eigenvalue weighted by molar-refractivity contribution is 7.10. The summed E-state index contributed by atoms with van der Waals surface area (Å²) in [6.45, 7) is 5.69. The van der Waals surface area contributed by atoms with Crippen molar-refractivity contribution in [3.63, 3.8) is 0 Å². The molecule has 1 N–H and O–H groups in total. The van der Waals surface area contributed by atoms with Crippen LogP contribution in [0, 0.1) is 0 Å². The Labute approximate surface area is 142 Å². The van der Waals surface area contributed by atoms with Crippen LogP contribution in [0.3, 0.4) is 0 Å². The number of carbonyl (C=O) groups excluding carboxylic acids is 1. The quantitative estimate of drug-likeness (QED) is 0.902. The lowest BCUT2D eigenvalue weighted by molar-refractivity contribution is -0.123. The molecule has 3 nitrogen and oxygen atoms in total. The van der Waals surface area contributed by atoms with E-state index in [1.165, 1.54) is 10.4 Å². The molecule has 2 atom stereocenters. The maximum Gasteiger partial charge on any atom is 0.234 e. The third kappa shape index (κ3) is 3.65. The largest absolute Gasteiger partial charge is 0.348 e. The number of rotatable bonds is 5. The van der Waals surface area contributed by atoms with E-state index in [1.807, 2.05) is 36.5 Å². The van der Waals surface area contributed by atoms with Crippen LogP contribution < -0.4 is 5.32 Å². The third-order valence-electron chi connectivity index (χ3n) is 4.62. The number of fused-ring (bicyclic) bond motifs is 1. The van der Waals surface area contributed by atoms with Gasteiger partial charge in [0.05, 0.1) is 12.6 Å². The highest BCUT2D eigenvalue weighted by Crippen LogP contribution is 2.34. The van der Waals surface area contributed by atoms with E-state index in [4.69, 9.17) is 0 Å². The topological polar surface area (TPSA) is 32.3 Å². The standard InChI is InChI=1S/C19H24N2OS/c1-3-17-16-10-12-23-18(16)9-11-21(17)13-19(22)20-14(2)15-7-5-4-6-8-15/h4-8,10,12,14,17H,3,9,11,13H2,1-2H3,(H,20,22)/t14-,17+/m0/s1. The number of nitrogens with zero attached hydrogens (tertiary/aromatic N) is 1. The number of hydrogen-bond acceptors (Lipinski definition) is 3. The monoisotopic (exact) mass is 328 g/mol. The molecule has 0 aliphatic carbocycles. The van der Waals surface area contributed by atoms with E-state index in [9.17, 15) is 4.79 Å². The van der Waals surface area contributed by atoms with Crippen molar-refractivity contribution in [1.29, 1.82) is 0 Å². The van der Waals surface area contributed by atoms with Crippen LogP contribution in [0.25, 0.3) is 0 Å². The Morgan fingerprint density at radius 2 is 2.13 bits per heavy atom. The lowest BCUT2D eigenvalue weighted by Crippen LogP contribution is -2.42. The minimum absolute atomic E-state index is 0.0466. The maximum absolute atomic E-state index is 12.5. The van der Waals surface area contributed by atoms with E-state index >= 15 is 0 Å². The number of carbonyl (C=O) groups is 1. The van der Waals surface area contributed by atoms with Crippen LogP contribution in [0.1, 0.15) is 48.4 Å². The van der Waals surface area contributed by atoms with Crippen LogP contribution in [0.15, 0.2) is 41.8 Å². The van der Waals surface area contributed by atoms with Crippen molar-refractivity contribution in [1.82, 2.24) is 10.2 Å². The van der Waals surface area contributed by atoms with Crippen LogP contribution >= 0.6 is 11.3 Å². The number of amides is 1. The lowest BCUT2D eigenvalue weighted by Gasteiger charge is -2.35. The Morgan fingerprint density at radius 3 is 2.87 bits per heavy atom. The number of nitrogens with one attached hydrogen (secondary N) is 1. The van der Waals surface area contributed by atoms with Crippen LogP contribution in [0.5, 0.6) is 0 Å². The summed E-state index contributed by atoms with van der Waals surface area (Å²) < 4.78 is 0. The summed E-state index contributed by atoms with van der Waals surface area (Å²) in [5.41, 5.74) is 2.57. The zero-order chi connectivity index (χ0) is 16.2. The molecule has 1 amide bonds. The minimum Gasteiger partial charge on any atom is -0.348 e. The highest BCUT2D eigenvalue weighted by atomic mass is 32.1. The van der Waals surface area contributed by atoms with Gasteiger partial charge in [0, 0.05) is 17.5 Å². The first-order valence-electron chi connectivity index (χ1n) is 8.33. The average Bonchev–Trinajstić information content (AvgIpc) is 3.04. The Kier molecular flexibility index (Phi) is 5.13.